The number of fused-ring (bicyclic) bond motifs is 3. The number of halogens is 1. The van der Waals surface area contributed by atoms with Crippen LogP contribution < -0.4 is 15.6 Å². The second-order valence-corrected chi connectivity index (χ2v) is 8.70. The van der Waals surface area contributed by atoms with E-state index in [2.05, 4.69) is 5.32 Å². The van der Waals surface area contributed by atoms with Crippen molar-refractivity contribution >= 4 is 45.4 Å². The molecule has 1 amide bonds. The van der Waals surface area contributed by atoms with E-state index < -0.39 is 0 Å². The maximum Gasteiger partial charge on any atom is 0.298 e. The van der Waals surface area contributed by atoms with Crippen LogP contribution >= 0.6 is 11.8 Å². The van der Waals surface area contributed by atoms with Gasteiger partial charge in [0.2, 0.25) is 11.5 Å². The fourth-order valence-electron chi connectivity index (χ4n) is 3.72. The Morgan fingerprint density at radius 3 is 2.71 bits per heavy atom. The summed E-state index contributed by atoms with van der Waals surface area (Å²) >= 11 is 1.14. The fraction of sp³-hybridized carbons (Fsp3) is 0.115. The SMILES string of the molecule is COc1cccc(Cn2c(SCC(=O)Nc3ccc(F)cc3)nc3c(oc4ccccc43)c2=O)c1. The Morgan fingerprint density at radius 1 is 1.11 bits per heavy atom. The molecule has 9 heteroatoms. The van der Waals surface area contributed by atoms with E-state index in [0.29, 0.717) is 27.7 Å². The first-order valence-electron chi connectivity index (χ1n) is 10.7. The number of rotatable bonds is 7. The molecule has 7 nitrogen and oxygen atoms in total. The third-order valence-electron chi connectivity index (χ3n) is 5.38. The molecule has 2 aromatic heterocycles. The molecule has 0 spiro atoms. The number of ether oxygens (including phenoxy) is 1. The van der Waals surface area contributed by atoms with Gasteiger partial charge in [0.05, 0.1) is 19.4 Å². The zero-order chi connectivity index (χ0) is 24.4. The molecule has 2 heterocycles. The zero-order valence-electron chi connectivity index (χ0n) is 18.7. The van der Waals surface area contributed by atoms with E-state index in [-0.39, 0.29) is 35.2 Å². The van der Waals surface area contributed by atoms with Crippen LogP contribution in [0.15, 0.2) is 87.2 Å². The van der Waals surface area contributed by atoms with Crippen molar-refractivity contribution in [1.29, 1.82) is 0 Å². The summed E-state index contributed by atoms with van der Waals surface area (Å²) in [6.07, 6.45) is 0. The van der Waals surface area contributed by atoms with Gasteiger partial charge in [-0.05, 0) is 54.1 Å². The first-order chi connectivity index (χ1) is 17.0. The van der Waals surface area contributed by atoms with Crippen molar-refractivity contribution in [3.63, 3.8) is 0 Å². The zero-order valence-corrected chi connectivity index (χ0v) is 19.5. The van der Waals surface area contributed by atoms with Gasteiger partial charge in [0, 0.05) is 11.1 Å². The molecule has 3 aromatic carbocycles. The molecule has 35 heavy (non-hydrogen) atoms. The van der Waals surface area contributed by atoms with Crippen molar-refractivity contribution in [3.05, 3.63) is 94.5 Å². The number of hydrogen-bond donors (Lipinski definition) is 1. The van der Waals surface area contributed by atoms with E-state index in [9.17, 15) is 14.0 Å². The van der Waals surface area contributed by atoms with Gasteiger partial charge in [-0.3, -0.25) is 14.2 Å². The molecule has 0 aliphatic rings. The largest absolute Gasteiger partial charge is 0.497 e. The van der Waals surface area contributed by atoms with Gasteiger partial charge in [-0.2, -0.15) is 0 Å². The number of hydrogen-bond acceptors (Lipinski definition) is 6. The minimum absolute atomic E-state index is 0.00319. The molecule has 0 aliphatic carbocycles. The van der Waals surface area contributed by atoms with Gasteiger partial charge >= 0.3 is 0 Å². The number of benzene rings is 3. The monoisotopic (exact) mass is 489 g/mol. The maximum atomic E-state index is 13.5. The van der Waals surface area contributed by atoms with Crippen LogP contribution in [0, 0.1) is 5.82 Å². The Hall–Kier alpha value is -4.11. The molecule has 176 valence electrons. The van der Waals surface area contributed by atoms with Crippen molar-refractivity contribution in [3.8, 4) is 5.75 Å². The first-order valence-corrected chi connectivity index (χ1v) is 11.7. The van der Waals surface area contributed by atoms with Crippen LogP contribution in [0.2, 0.25) is 0 Å². The third-order valence-corrected chi connectivity index (χ3v) is 6.36. The summed E-state index contributed by atoms with van der Waals surface area (Å²) < 4.78 is 25.8. The highest BCUT2D eigenvalue weighted by Crippen LogP contribution is 2.28. The topological polar surface area (TPSA) is 86.4 Å². The number of thioether (sulfide) groups is 1. The summed E-state index contributed by atoms with van der Waals surface area (Å²) in [5, 5.41) is 3.83. The van der Waals surface area contributed by atoms with Crippen LogP contribution in [0.1, 0.15) is 5.56 Å². The summed E-state index contributed by atoms with van der Waals surface area (Å²) in [6.45, 7) is 0.220. The molecule has 0 saturated heterocycles. The van der Waals surface area contributed by atoms with Crippen LogP contribution in [0.25, 0.3) is 22.1 Å². The lowest BCUT2D eigenvalue weighted by Crippen LogP contribution is -2.24. The molecular weight excluding hydrogens is 469 g/mol. The molecule has 5 aromatic rings. The highest BCUT2D eigenvalue weighted by Gasteiger charge is 2.19. The fourth-order valence-corrected chi connectivity index (χ4v) is 4.51. The summed E-state index contributed by atoms with van der Waals surface area (Å²) in [7, 11) is 1.58. The second-order valence-electron chi connectivity index (χ2n) is 7.76. The average molecular weight is 490 g/mol. The minimum Gasteiger partial charge on any atom is -0.497 e. The van der Waals surface area contributed by atoms with Crippen LogP contribution in [-0.4, -0.2) is 28.3 Å². The van der Waals surface area contributed by atoms with Gasteiger partial charge in [-0.25, -0.2) is 9.37 Å². The molecule has 0 fully saturated rings. The van der Waals surface area contributed by atoms with Gasteiger partial charge in [0.25, 0.3) is 5.56 Å². The molecule has 0 aliphatic heterocycles. The Kier molecular flexibility index (Phi) is 6.24. The number of nitrogens with zero attached hydrogens (tertiary/aromatic N) is 2. The number of carbonyl (C=O) groups is 1. The average Bonchev–Trinajstić information content (AvgIpc) is 3.25. The van der Waals surface area contributed by atoms with E-state index >= 15 is 0 Å². The Bertz CT molecular complexity index is 1590. The van der Waals surface area contributed by atoms with Crippen molar-refractivity contribution < 1.29 is 18.3 Å². The van der Waals surface area contributed by atoms with E-state index in [4.69, 9.17) is 14.1 Å². The number of aromatic nitrogens is 2. The quantitative estimate of drug-likeness (QED) is 0.254. The van der Waals surface area contributed by atoms with Crippen LogP contribution in [0.5, 0.6) is 5.75 Å². The predicted molar refractivity (Wildman–Crippen MR) is 134 cm³/mol. The molecular formula is C26H20FN3O4S. The summed E-state index contributed by atoms with van der Waals surface area (Å²) in [6, 6.07) is 20.2. The third kappa shape index (κ3) is 4.76. The Balaban J connectivity index is 1.51. The van der Waals surface area contributed by atoms with E-state index in [0.717, 1.165) is 22.7 Å². The normalized spacial score (nSPS) is 11.1. The van der Waals surface area contributed by atoms with Crippen molar-refractivity contribution in [2.45, 2.75) is 11.7 Å². The Morgan fingerprint density at radius 2 is 1.91 bits per heavy atom. The second kappa shape index (κ2) is 9.63. The number of amides is 1. The Labute approximate surface area is 203 Å². The van der Waals surface area contributed by atoms with E-state index in [1.54, 1.807) is 13.2 Å². The van der Waals surface area contributed by atoms with Gasteiger partial charge in [0.1, 0.15) is 22.7 Å². The number of furan rings is 1. The molecule has 0 unspecified atom stereocenters. The lowest BCUT2D eigenvalue weighted by Gasteiger charge is -2.12. The minimum atomic E-state index is -0.385. The van der Waals surface area contributed by atoms with E-state index in [1.807, 2.05) is 42.5 Å². The highest BCUT2D eigenvalue weighted by atomic mass is 32.2. The van der Waals surface area contributed by atoms with Gasteiger partial charge in [0.15, 0.2) is 5.16 Å². The lowest BCUT2D eigenvalue weighted by atomic mass is 10.2. The molecule has 0 saturated carbocycles. The van der Waals surface area contributed by atoms with Crippen molar-refractivity contribution in [2.75, 3.05) is 18.2 Å². The smallest absolute Gasteiger partial charge is 0.298 e. The van der Waals surface area contributed by atoms with Gasteiger partial charge < -0.3 is 14.5 Å². The maximum absolute atomic E-state index is 13.5. The molecule has 1 N–H and O–H groups in total. The number of nitrogens with one attached hydrogen (secondary N) is 1. The van der Waals surface area contributed by atoms with Crippen LogP contribution in [0.3, 0.4) is 0 Å². The summed E-state index contributed by atoms with van der Waals surface area (Å²) in [4.78, 5) is 30.8. The predicted octanol–water partition coefficient (Wildman–Crippen LogP) is 5.07. The van der Waals surface area contributed by atoms with Gasteiger partial charge in [-0.1, -0.05) is 36.0 Å². The van der Waals surface area contributed by atoms with E-state index in [1.165, 1.54) is 28.8 Å². The summed E-state index contributed by atoms with van der Waals surface area (Å²) in [5.74, 6) is -0.0191. The molecule has 0 radical (unpaired) electrons. The first kappa shape index (κ1) is 22.7. The molecule has 0 bridgehead atoms. The van der Waals surface area contributed by atoms with Crippen molar-refractivity contribution in [1.82, 2.24) is 9.55 Å². The molecule has 0 atom stereocenters. The molecule has 5 rings (SSSR count). The lowest BCUT2D eigenvalue weighted by molar-refractivity contribution is -0.113. The number of carbonyl (C=O) groups excluding carboxylic acids is 1. The standard InChI is InChI=1S/C26H20FN3O4S/c1-33-19-6-4-5-16(13-19)14-30-25(32)24-23(20-7-2-3-8-21(20)34-24)29-26(30)35-15-22(31)28-18-11-9-17(27)10-12-18/h2-13H,14-15H2,1H3,(H,28,31). The summed E-state index contributed by atoms with van der Waals surface area (Å²) in [5.41, 5.74) is 2.16. The number of para-hydroxylation sites is 1. The van der Waals surface area contributed by atoms with Crippen molar-refractivity contribution in [2.24, 2.45) is 0 Å². The van der Waals surface area contributed by atoms with Gasteiger partial charge in [-0.15, -0.1) is 0 Å². The van der Waals surface area contributed by atoms with Crippen LogP contribution in [0.4, 0.5) is 10.1 Å². The number of anilines is 1. The number of methoxy groups -OCH3 is 1. The highest BCUT2D eigenvalue weighted by molar-refractivity contribution is 7.99. The van der Waals surface area contributed by atoms with Crippen LogP contribution in [-0.2, 0) is 11.3 Å².